The molecule has 0 fully saturated rings. The van der Waals surface area contributed by atoms with E-state index in [1.807, 2.05) is 0 Å². The third kappa shape index (κ3) is 3.52. The fraction of sp³-hybridized carbons (Fsp3) is 0.222. The second-order valence-electron chi connectivity index (χ2n) is 3.09. The summed E-state index contributed by atoms with van der Waals surface area (Å²) in [5.74, 6) is -1.75. The molecule has 1 rings (SSSR count). The molecule has 0 aromatic heterocycles. The maximum Gasteiger partial charge on any atom is 0.327 e. The molecule has 0 aliphatic heterocycles. The minimum Gasteiger partial charge on any atom is -0.772 e. The number of para-hydroxylation sites is 2. The fourth-order valence-electron chi connectivity index (χ4n) is 1.13. The molecule has 1 aromatic rings. The summed E-state index contributed by atoms with van der Waals surface area (Å²) in [6.45, 7) is 0. The van der Waals surface area contributed by atoms with Crippen molar-refractivity contribution in [3.05, 3.63) is 24.3 Å². The monoisotopic (exact) mass is 243 g/mol. The van der Waals surface area contributed by atoms with E-state index in [9.17, 15) is 13.6 Å². The van der Waals surface area contributed by atoms with Crippen molar-refractivity contribution >= 4 is 28.4 Å². The normalized spacial score (nSPS) is 14.1. The molecule has 16 heavy (non-hydrogen) atoms. The van der Waals surface area contributed by atoms with Gasteiger partial charge in [0.25, 0.3) is 0 Å². The van der Waals surface area contributed by atoms with E-state index in [4.69, 9.17) is 10.8 Å². The van der Waals surface area contributed by atoms with Crippen LogP contribution in [0.5, 0.6) is 0 Å². The summed E-state index contributed by atoms with van der Waals surface area (Å²) in [6.07, 6.45) is 0. The Morgan fingerprint density at radius 1 is 1.56 bits per heavy atom. The van der Waals surface area contributed by atoms with Crippen LogP contribution in [0.1, 0.15) is 0 Å². The molecule has 0 saturated carbocycles. The number of nitrogens with two attached hydrogens (primary N) is 1. The molecule has 1 aromatic carbocycles. The van der Waals surface area contributed by atoms with Gasteiger partial charge in [-0.25, -0.2) is 4.79 Å². The average Bonchev–Trinajstić information content (AvgIpc) is 2.19. The van der Waals surface area contributed by atoms with Gasteiger partial charge in [0.15, 0.2) is 0 Å². The molecule has 0 saturated heterocycles. The van der Waals surface area contributed by atoms with E-state index in [0.717, 1.165) is 0 Å². The third-order valence-electron chi connectivity index (χ3n) is 1.89. The molecular weight excluding hydrogens is 232 g/mol. The summed E-state index contributed by atoms with van der Waals surface area (Å²) in [5, 5.41) is 11.4. The summed E-state index contributed by atoms with van der Waals surface area (Å²) in [4.78, 5) is 10.8. The smallest absolute Gasteiger partial charge is 0.327 e. The maximum atomic E-state index is 10.8. The fourth-order valence-corrected chi connectivity index (χ4v) is 1.63. The van der Waals surface area contributed by atoms with E-state index in [1.165, 1.54) is 0 Å². The quantitative estimate of drug-likeness (QED) is 0.495. The number of carbonyl (C=O) groups is 1. The van der Waals surface area contributed by atoms with Crippen LogP contribution in [-0.2, 0) is 15.9 Å². The molecule has 2 atom stereocenters. The standard InChI is InChI=1S/C9H12N2O4S/c10-6-3-1-2-4-7(6)11-8(9(12)13)5-16(14)15/h1-4,8,11H,5,10H2,(H,12,13)(H,14,15)/p-1/t8-/m0/s1. The second kappa shape index (κ2) is 5.47. The lowest BCUT2D eigenvalue weighted by molar-refractivity contribution is -0.137. The molecule has 1 unspecified atom stereocenters. The molecule has 6 nitrogen and oxygen atoms in total. The van der Waals surface area contributed by atoms with Gasteiger partial charge in [0.05, 0.1) is 11.4 Å². The van der Waals surface area contributed by atoms with E-state index in [2.05, 4.69) is 5.32 Å². The summed E-state index contributed by atoms with van der Waals surface area (Å²) < 4.78 is 20.9. The zero-order valence-corrected chi connectivity index (χ0v) is 9.07. The van der Waals surface area contributed by atoms with Crippen LogP contribution in [0, 0.1) is 0 Å². The van der Waals surface area contributed by atoms with Gasteiger partial charge in [0.2, 0.25) is 0 Å². The Bertz CT molecular complexity index is 410. The van der Waals surface area contributed by atoms with E-state index in [-0.39, 0.29) is 0 Å². The number of rotatable bonds is 5. The summed E-state index contributed by atoms with van der Waals surface area (Å²) >= 11 is -2.43. The number of nitrogens with one attached hydrogen (secondary N) is 1. The SMILES string of the molecule is Nc1ccccc1N[C@@H](CS(=O)[O-])C(=O)O. The third-order valence-corrected chi connectivity index (χ3v) is 2.50. The molecule has 0 spiro atoms. The zero-order chi connectivity index (χ0) is 12.1. The molecule has 4 N–H and O–H groups in total. The van der Waals surface area contributed by atoms with Crippen molar-refractivity contribution in [3.8, 4) is 0 Å². The topological polar surface area (TPSA) is 115 Å². The second-order valence-corrected chi connectivity index (χ2v) is 4.03. The van der Waals surface area contributed by atoms with Crippen LogP contribution in [0.25, 0.3) is 0 Å². The van der Waals surface area contributed by atoms with Crippen molar-refractivity contribution in [2.24, 2.45) is 0 Å². The largest absolute Gasteiger partial charge is 0.772 e. The highest BCUT2D eigenvalue weighted by atomic mass is 32.2. The number of carboxylic acid groups (broad SMARTS) is 1. The lowest BCUT2D eigenvalue weighted by Gasteiger charge is -2.18. The molecular formula is C9H11N2O4S-. The lowest BCUT2D eigenvalue weighted by atomic mass is 10.2. The van der Waals surface area contributed by atoms with Gasteiger partial charge in [-0.1, -0.05) is 23.2 Å². The Morgan fingerprint density at radius 3 is 2.69 bits per heavy atom. The minimum absolute atomic E-state index is 0.366. The van der Waals surface area contributed by atoms with Gasteiger partial charge >= 0.3 is 5.97 Å². The number of benzene rings is 1. The number of hydrogen-bond donors (Lipinski definition) is 3. The van der Waals surface area contributed by atoms with Crippen molar-refractivity contribution < 1.29 is 18.7 Å². The van der Waals surface area contributed by atoms with Gasteiger partial charge in [-0.15, -0.1) is 0 Å². The van der Waals surface area contributed by atoms with E-state index in [1.54, 1.807) is 24.3 Å². The number of hydrogen-bond acceptors (Lipinski definition) is 5. The van der Waals surface area contributed by atoms with E-state index < -0.39 is 28.8 Å². The van der Waals surface area contributed by atoms with Gasteiger partial charge < -0.3 is 20.7 Å². The van der Waals surface area contributed by atoms with E-state index in [0.29, 0.717) is 11.4 Å². The van der Waals surface area contributed by atoms with Crippen molar-refractivity contribution in [2.75, 3.05) is 16.8 Å². The molecule has 0 amide bonds. The summed E-state index contributed by atoms with van der Waals surface area (Å²) in [5.41, 5.74) is 6.36. The highest BCUT2D eigenvalue weighted by Crippen LogP contribution is 2.17. The Morgan fingerprint density at radius 2 is 2.19 bits per heavy atom. The van der Waals surface area contributed by atoms with Crippen LogP contribution in [-0.4, -0.2) is 31.6 Å². The van der Waals surface area contributed by atoms with Crippen molar-refractivity contribution in [3.63, 3.8) is 0 Å². The van der Waals surface area contributed by atoms with Crippen LogP contribution >= 0.6 is 0 Å². The highest BCUT2D eigenvalue weighted by Gasteiger charge is 2.17. The molecule has 7 heteroatoms. The number of nitrogen functional groups attached to an aromatic ring is 1. The van der Waals surface area contributed by atoms with Crippen LogP contribution in [0.3, 0.4) is 0 Å². The first-order chi connectivity index (χ1) is 7.50. The lowest BCUT2D eigenvalue weighted by Crippen LogP contribution is -2.34. The summed E-state index contributed by atoms with van der Waals surface area (Å²) in [7, 11) is 0. The predicted octanol–water partition coefficient (Wildman–Crippen LogP) is 0.0130. The van der Waals surface area contributed by atoms with Crippen molar-refractivity contribution in [1.82, 2.24) is 0 Å². The Labute approximate surface area is 94.7 Å². The van der Waals surface area contributed by atoms with Gasteiger partial charge in [-0.3, -0.25) is 4.21 Å². The summed E-state index contributed by atoms with van der Waals surface area (Å²) in [6, 6.07) is 5.34. The first-order valence-electron chi connectivity index (χ1n) is 4.40. The molecule has 0 radical (unpaired) electrons. The number of anilines is 2. The molecule has 0 heterocycles. The number of aliphatic carboxylic acids is 1. The van der Waals surface area contributed by atoms with Crippen LogP contribution in [0.15, 0.2) is 24.3 Å². The Balaban J connectivity index is 2.80. The maximum absolute atomic E-state index is 10.8. The van der Waals surface area contributed by atoms with Gasteiger partial charge in [-0.2, -0.15) is 0 Å². The predicted molar refractivity (Wildman–Crippen MR) is 59.7 cm³/mol. The van der Waals surface area contributed by atoms with Gasteiger partial charge in [0, 0.05) is 5.75 Å². The minimum atomic E-state index is -2.43. The Kier molecular flexibility index (Phi) is 4.27. The van der Waals surface area contributed by atoms with Crippen molar-refractivity contribution in [2.45, 2.75) is 6.04 Å². The Hall–Kier alpha value is -1.60. The average molecular weight is 243 g/mol. The highest BCUT2D eigenvalue weighted by molar-refractivity contribution is 7.79. The van der Waals surface area contributed by atoms with Crippen LogP contribution in [0.4, 0.5) is 11.4 Å². The van der Waals surface area contributed by atoms with Crippen molar-refractivity contribution in [1.29, 1.82) is 0 Å². The van der Waals surface area contributed by atoms with Gasteiger partial charge in [-0.05, 0) is 12.1 Å². The van der Waals surface area contributed by atoms with Crippen LogP contribution < -0.4 is 11.1 Å². The number of carboxylic acids is 1. The molecule has 0 bridgehead atoms. The first kappa shape index (κ1) is 12.5. The molecule has 0 aliphatic carbocycles. The van der Waals surface area contributed by atoms with E-state index >= 15 is 0 Å². The zero-order valence-electron chi connectivity index (χ0n) is 8.25. The molecule has 0 aliphatic rings. The first-order valence-corrected chi connectivity index (χ1v) is 5.65. The molecule has 88 valence electrons. The van der Waals surface area contributed by atoms with Crippen LogP contribution in [0.2, 0.25) is 0 Å². The van der Waals surface area contributed by atoms with Gasteiger partial charge in [0.1, 0.15) is 6.04 Å².